The van der Waals surface area contributed by atoms with Gasteiger partial charge in [0, 0.05) is 24.4 Å². The highest BCUT2D eigenvalue weighted by Crippen LogP contribution is 2.41. The number of β-lactam (4-membered cyclic amide) rings is 1. The van der Waals surface area contributed by atoms with E-state index in [0.29, 0.717) is 12.3 Å². The summed E-state index contributed by atoms with van der Waals surface area (Å²) in [6.45, 7) is 0.580. The first-order chi connectivity index (χ1) is 9.53. The molecule has 2 unspecified atom stereocenters. The van der Waals surface area contributed by atoms with E-state index in [1.807, 2.05) is 35.2 Å². The predicted molar refractivity (Wildman–Crippen MR) is 94.4 cm³/mol. The molecule has 3 atom stereocenters. The number of aliphatic carboxylic acids is 1. The molecule has 8 nitrogen and oxygen atoms in total. The zero-order chi connectivity index (χ0) is 14.3. The minimum atomic E-state index is -0.955. The van der Waals surface area contributed by atoms with E-state index in [2.05, 4.69) is 0 Å². The number of carboxylic acid groups (broad SMARTS) is 1. The number of rotatable bonds is 3. The number of carbonyl (C=O) groups excluding carboxylic acids is 1. The summed E-state index contributed by atoms with van der Waals surface area (Å²) in [7, 11) is 0. The molecule has 0 spiro atoms. The molecule has 0 aromatic carbocycles. The summed E-state index contributed by atoms with van der Waals surface area (Å²) in [6, 6.07) is 5.13. The number of carboxylic acids is 1. The van der Waals surface area contributed by atoms with Crippen LogP contribution in [0.3, 0.4) is 0 Å². The molecule has 138 valence electrons. The fourth-order valence-electron chi connectivity index (χ4n) is 2.71. The molecule has 0 aliphatic carbocycles. The lowest BCUT2D eigenvalue weighted by Crippen LogP contribution is -2.73. The van der Waals surface area contributed by atoms with Crippen LogP contribution in [0.5, 0.6) is 0 Å². The van der Waals surface area contributed by atoms with E-state index in [0.717, 1.165) is 0 Å². The summed E-state index contributed by atoms with van der Waals surface area (Å²) in [4.78, 5) is 25.1. The molecule has 11 heteroatoms. The Hall–Kier alpha value is -1.10. The number of carbonyl (C=O) groups is 2. The van der Waals surface area contributed by atoms with Gasteiger partial charge in [0.05, 0.1) is 0 Å². The van der Waals surface area contributed by atoms with E-state index in [1.54, 1.807) is 4.90 Å². The Balaban J connectivity index is 0. The highest BCUT2D eigenvalue weighted by Gasteiger charge is 2.57. The predicted octanol–water partition coefficient (Wildman–Crippen LogP) is -1.52. The highest BCUT2D eigenvalue weighted by atomic mass is 35.5. The van der Waals surface area contributed by atoms with Gasteiger partial charge in [-0.15, -0.1) is 36.6 Å². The summed E-state index contributed by atoms with van der Waals surface area (Å²) in [5.41, 5.74) is 4.77. The molecule has 0 radical (unpaired) electrons. The number of hydrogen-bond donors (Lipinski definition) is 2. The molecule has 2 saturated heterocycles. The van der Waals surface area contributed by atoms with Crippen molar-refractivity contribution in [2.45, 2.75) is 18.0 Å². The zero-order valence-corrected chi connectivity index (χ0v) is 15.1. The summed E-state index contributed by atoms with van der Waals surface area (Å²) < 4.78 is 1.85. The summed E-state index contributed by atoms with van der Waals surface area (Å²) >= 11 is 1.47. The molecule has 1 aromatic rings. The van der Waals surface area contributed by atoms with Crippen LogP contribution in [-0.2, 0) is 16.1 Å². The second-order valence-corrected chi connectivity index (χ2v) is 6.43. The molecule has 7 N–H and O–H groups in total. The lowest BCUT2D eigenvalue weighted by atomic mass is 9.87. The molecule has 1 amide bonds. The molecule has 3 rings (SSSR count). The number of amides is 1. The Kier molecular flexibility index (Phi) is 9.85. The number of pyridine rings is 1. The number of nitrogens with two attached hydrogens (primary N) is 1. The van der Waals surface area contributed by atoms with Crippen LogP contribution < -0.4 is 10.3 Å². The highest BCUT2D eigenvalue weighted by molar-refractivity contribution is 8.00. The summed E-state index contributed by atoms with van der Waals surface area (Å²) in [5, 5.41) is 9.57. The first-order valence-corrected chi connectivity index (χ1v) is 7.43. The van der Waals surface area contributed by atoms with Crippen LogP contribution in [0.1, 0.15) is 0 Å². The van der Waals surface area contributed by atoms with Crippen molar-refractivity contribution in [1.29, 1.82) is 0 Å². The van der Waals surface area contributed by atoms with Gasteiger partial charge in [0.2, 0.25) is 5.91 Å². The number of halogens is 2. The van der Waals surface area contributed by atoms with Gasteiger partial charge in [-0.25, -0.2) is 4.57 Å². The topological polar surface area (TPSA) is 151 Å². The van der Waals surface area contributed by atoms with Crippen LogP contribution in [0.2, 0.25) is 0 Å². The molecule has 0 bridgehead atoms. The molecular weight excluding hydrogens is 381 g/mol. The van der Waals surface area contributed by atoms with Crippen molar-refractivity contribution < 1.29 is 30.2 Å². The van der Waals surface area contributed by atoms with Gasteiger partial charge in [-0.05, 0) is 0 Å². The SMILES string of the molecule is Cl.Cl.NC1C(=O)N2CC(C[n+]3ccccc3)(C(=O)O)CS[C@H]12.O.O. The fourth-order valence-corrected chi connectivity index (χ4v) is 4.19. The number of thioether (sulfide) groups is 1. The molecule has 3 heterocycles. The molecule has 0 saturated carbocycles. The van der Waals surface area contributed by atoms with Crippen LogP contribution in [0.25, 0.3) is 0 Å². The van der Waals surface area contributed by atoms with Crippen LogP contribution in [0, 0.1) is 5.41 Å². The minimum absolute atomic E-state index is 0. The third kappa shape index (κ3) is 4.11. The van der Waals surface area contributed by atoms with Gasteiger partial charge in [0.25, 0.3) is 0 Å². The standard InChI is InChI=1S/C13H15N3O3S.2ClH.2H2O/c14-9-10(17)16-7-13(12(18)19,8-20-11(9)16)6-15-4-2-1-3-5-15;;;;/h1-5,9,11H,6-8,14H2;2*1H;2*1H2/p+1/t9?,11-,13?;;;;/m1..../s1. The molecular formula is C13H22Cl2N3O5S+. The van der Waals surface area contributed by atoms with Crippen LogP contribution in [0.15, 0.2) is 30.6 Å². The monoisotopic (exact) mass is 402 g/mol. The van der Waals surface area contributed by atoms with E-state index < -0.39 is 17.4 Å². The second-order valence-electron chi connectivity index (χ2n) is 5.33. The van der Waals surface area contributed by atoms with Crippen molar-refractivity contribution in [1.82, 2.24) is 4.90 Å². The van der Waals surface area contributed by atoms with Crippen molar-refractivity contribution in [2.24, 2.45) is 11.1 Å². The zero-order valence-electron chi connectivity index (χ0n) is 12.6. The van der Waals surface area contributed by atoms with Gasteiger partial charge in [0.1, 0.15) is 11.4 Å². The van der Waals surface area contributed by atoms with E-state index in [9.17, 15) is 14.7 Å². The number of aromatic nitrogens is 1. The van der Waals surface area contributed by atoms with Crippen LogP contribution in [0.4, 0.5) is 0 Å². The summed E-state index contributed by atoms with van der Waals surface area (Å²) in [5.74, 6) is -0.550. The second kappa shape index (κ2) is 9.40. The Morgan fingerprint density at radius 3 is 2.46 bits per heavy atom. The van der Waals surface area contributed by atoms with Gasteiger partial charge < -0.3 is 26.7 Å². The first-order valence-electron chi connectivity index (χ1n) is 6.39. The normalized spacial score (nSPS) is 27.0. The van der Waals surface area contributed by atoms with E-state index in [-0.39, 0.29) is 53.6 Å². The van der Waals surface area contributed by atoms with Gasteiger partial charge >= 0.3 is 5.97 Å². The Morgan fingerprint density at radius 2 is 1.92 bits per heavy atom. The van der Waals surface area contributed by atoms with E-state index in [1.165, 1.54) is 11.8 Å². The lowest BCUT2D eigenvalue weighted by molar-refractivity contribution is -0.706. The van der Waals surface area contributed by atoms with Crippen LogP contribution in [-0.4, -0.2) is 56.5 Å². The molecule has 1 aromatic heterocycles. The number of hydrogen-bond acceptors (Lipinski definition) is 4. The maximum atomic E-state index is 11.7. The van der Waals surface area contributed by atoms with Crippen molar-refractivity contribution in [3.05, 3.63) is 30.6 Å². The third-order valence-corrected chi connectivity index (χ3v) is 5.51. The van der Waals surface area contributed by atoms with Crippen molar-refractivity contribution >= 4 is 48.5 Å². The molecule has 24 heavy (non-hydrogen) atoms. The number of fused-ring (bicyclic) bond motifs is 1. The molecule has 2 aliphatic heterocycles. The van der Waals surface area contributed by atoms with Crippen molar-refractivity contribution in [3.63, 3.8) is 0 Å². The van der Waals surface area contributed by atoms with Gasteiger partial charge in [-0.1, -0.05) is 6.07 Å². The van der Waals surface area contributed by atoms with Crippen molar-refractivity contribution in [3.8, 4) is 0 Å². The fraction of sp³-hybridized carbons (Fsp3) is 0.462. The van der Waals surface area contributed by atoms with Gasteiger partial charge in [-0.3, -0.25) is 9.59 Å². The van der Waals surface area contributed by atoms with E-state index in [4.69, 9.17) is 5.73 Å². The average Bonchev–Trinajstić information content (AvgIpc) is 2.47. The largest absolute Gasteiger partial charge is 0.481 e. The Bertz CT molecular complexity index is 568. The first kappa shape index (κ1) is 25.1. The van der Waals surface area contributed by atoms with Gasteiger partial charge in [-0.2, -0.15) is 0 Å². The maximum absolute atomic E-state index is 11.7. The van der Waals surface area contributed by atoms with Crippen molar-refractivity contribution in [2.75, 3.05) is 12.3 Å². The number of nitrogens with zero attached hydrogens (tertiary/aromatic N) is 2. The van der Waals surface area contributed by atoms with Crippen LogP contribution >= 0.6 is 36.6 Å². The summed E-state index contributed by atoms with van der Waals surface area (Å²) in [6.07, 6.45) is 3.68. The molecule has 2 fully saturated rings. The average molecular weight is 403 g/mol. The Labute approximate surface area is 155 Å². The third-order valence-electron chi connectivity index (χ3n) is 3.90. The quantitative estimate of drug-likeness (QED) is 0.464. The maximum Gasteiger partial charge on any atom is 0.318 e. The smallest absolute Gasteiger partial charge is 0.318 e. The van der Waals surface area contributed by atoms with E-state index >= 15 is 0 Å². The Morgan fingerprint density at radius 1 is 1.33 bits per heavy atom. The molecule has 2 aliphatic rings. The lowest BCUT2D eigenvalue weighted by Gasteiger charge is -2.51. The minimum Gasteiger partial charge on any atom is -0.481 e. The van der Waals surface area contributed by atoms with Gasteiger partial charge in [0.15, 0.2) is 24.4 Å².